The molecule has 0 saturated heterocycles. The van der Waals surface area contributed by atoms with E-state index in [0.717, 1.165) is 11.4 Å². The van der Waals surface area contributed by atoms with Gasteiger partial charge in [-0.2, -0.15) is 0 Å². The Hall–Kier alpha value is -1.98. The minimum absolute atomic E-state index is 0.0990. The van der Waals surface area contributed by atoms with E-state index in [9.17, 15) is 4.79 Å². The number of imidazole rings is 1. The van der Waals surface area contributed by atoms with Crippen LogP contribution in [-0.2, 0) is 0 Å². The molecule has 2 aromatic rings. The second-order valence-electron chi connectivity index (χ2n) is 3.34. The van der Waals surface area contributed by atoms with Crippen molar-refractivity contribution in [2.75, 3.05) is 5.32 Å². The van der Waals surface area contributed by atoms with Crippen molar-refractivity contribution in [2.45, 2.75) is 0 Å². The molecular weight excluding hydrogens is 285 g/mol. The third kappa shape index (κ3) is 1.86. The van der Waals surface area contributed by atoms with Crippen LogP contribution in [0.2, 0.25) is 0 Å². The topological polar surface area (TPSA) is 71.6 Å². The van der Waals surface area contributed by atoms with Gasteiger partial charge in [-0.3, -0.25) is 0 Å². The number of hydrogen-bond acceptors (Lipinski definition) is 4. The summed E-state index contributed by atoms with van der Waals surface area (Å²) in [5, 5.41) is 2.78. The average Bonchev–Trinajstić information content (AvgIpc) is 3.00. The first-order chi connectivity index (χ1) is 8.34. The van der Waals surface area contributed by atoms with E-state index in [-0.39, 0.29) is 20.6 Å². The standard InChI is InChI=1S/C10H7N5OSe/c16-10(15-5-4-11-6-15)12-7-2-1-3-8-9(7)14-17-13-8/h1-6H,(H,12,16). The number of rotatable bonds is 1. The molecule has 0 radical (unpaired) electrons. The molecule has 17 heavy (non-hydrogen) atoms. The van der Waals surface area contributed by atoms with Gasteiger partial charge in [0.05, 0.1) is 0 Å². The van der Waals surface area contributed by atoms with E-state index in [1.807, 2.05) is 18.2 Å². The van der Waals surface area contributed by atoms with Gasteiger partial charge in [0.25, 0.3) is 0 Å². The van der Waals surface area contributed by atoms with Gasteiger partial charge in [0.15, 0.2) is 0 Å². The van der Waals surface area contributed by atoms with E-state index in [0.29, 0.717) is 5.69 Å². The fraction of sp³-hybridized carbons (Fsp3) is 0. The summed E-state index contributed by atoms with van der Waals surface area (Å²) in [7, 11) is 0. The zero-order chi connectivity index (χ0) is 11.7. The molecule has 0 aliphatic carbocycles. The molecule has 2 heterocycles. The number of anilines is 1. The molecule has 1 amide bonds. The molecule has 1 aromatic heterocycles. The number of aromatic nitrogens is 2. The summed E-state index contributed by atoms with van der Waals surface area (Å²) >= 11 is -0.0990. The van der Waals surface area contributed by atoms with E-state index in [4.69, 9.17) is 0 Å². The number of amides is 1. The zero-order valence-corrected chi connectivity index (χ0v) is 10.3. The van der Waals surface area contributed by atoms with Crippen LogP contribution >= 0.6 is 0 Å². The average molecular weight is 292 g/mol. The number of fused-ring (bicyclic) bond motifs is 1. The van der Waals surface area contributed by atoms with Gasteiger partial charge < -0.3 is 0 Å². The fourth-order valence-corrected chi connectivity index (χ4v) is 2.62. The van der Waals surface area contributed by atoms with Gasteiger partial charge in [-0.05, 0) is 0 Å². The van der Waals surface area contributed by atoms with Gasteiger partial charge in [-0.1, -0.05) is 0 Å². The van der Waals surface area contributed by atoms with E-state index in [1.165, 1.54) is 10.9 Å². The summed E-state index contributed by atoms with van der Waals surface area (Å²) in [5.41, 5.74) is 2.29. The summed E-state index contributed by atoms with van der Waals surface area (Å²) in [4.78, 5) is 15.6. The van der Waals surface area contributed by atoms with Crippen LogP contribution in [0.5, 0.6) is 0 Å². The van der Waals surface area contributed by atoms with Crippen molar-refractivity contribution in [3.8, 4) is 0 Å². The van der Waals surface area contributed by atoms with Crippen LogP contribution in [0.25, 0.3) is 0 Å². The molecule has 84 valence electrons. The first-order valence-corrected chi connectivity index (χ1v) is 6.38. The molecule has 0 bridgehead atoms. The molecule has 0 atom stereocenters. The normalized spacial score (nSPS) is 12.0. The van der Waals surface area contributed by atoms with Crippen molar-refractivity contribution in [3.63, 3.8) is 0 Å². The minimum atomic E-state index is -0.259. The molecule has 7 heteroatoms. The number of hydrogen-bond donors (Lipinski definition) is 1. The summed E-state index contributed by atoms with van der Waals surface area (Å²) in [6.07, 6.45) is 4.59. The van der Waals surface area contributed by atoms with E-state index >= 15 is 0 Å². The van der Waals surface area contributed by atoms with Gasteiger partial charge >= 0.3 is 102 Å². The maximum absolute atomic E-state index is 11.8. The number of nitrogens with one attached hydrogen (secondary N) is 1. The number of nitrogens with zero attached hydrogens (tertiary/aromatic N) is 4. The van der Waals surface area contributed by atoms with Gasteiger partial charge in [0, 0.05) is 0 Å². The van der Waals surface area contributed by atoms with Gasteiger partial charge in [0.2, 0.25) is 0 Å². The van der Waals surface area contributed by atoms with Crippen molar-refractivity contribution in [1.29, 1.82) is 0 Å². The molecule has 3 rings (SSSR count). The molecule has 0 fully saturated rings. The van der Waals surface area contributed by atoms with E-state index < -0.39 is 0 Å². The Morgan fingerprint density at radius 1 is 1.35 bits per heavy atom. The van der Waals surface area contributed by atoms with Crippen LogP contribution in [-0.4, -0.2) is 30.1 Å². The fourth-order valence-electron chi connectivity index (χ4n) is 1.47. The zero-order valence-electron chi connectivity index (χ0n) is 8.57. The number of benzene rings is 1. The van der Waals surface area contributed by atoms with Crippen molar-refractivity contribution < 1.29 is 4.79 Å². The van der Waals surface area contributed by atoms with Gasteiger partial charge in [-0.15, -0.1) is 0 Å². The maximum atomic E-state index is 11.8. The Balaban J connectivity index is 1.90. The summed E-state index contributed by atoms with van der Waals surface area (Å²) in [6.45, 7) is 0. The van der Waals surface area contributed by atoms with Crippen LogP contribution in [0, 0.1) is 0 Å². The molecule has 1 aliphatic rings. The Morgan fingerprint density at radius 2 is 2.29 bits per heavy atom. The van der Waals surface area contributed by atoms with E-state index in [2.05, 4.69) is 18.2 Å². The molecule has 0 spiro atoms. The number of carbonyl (C=O) groups is 1. The molecular formula is C10H7N5OSe. The van der Waals surface area contributed by atoms with Crippen LogP contribution in [0.3, 0.4) is 0 Å². The van der Waals surface area contributed by atoms with Crippen molar-refractivity contribution in [3.05, 3.63) is 36.9 Å². The third-order valence-corrected chi connectivity index (χ3v) is 3.40. The second-order valence-corrected chi connectivity index (χ2v) is 4.45. The van der Waals surface area contributed by atoms with Gasteiger partial charge in [-0.25, -0.2) is 0 Å². The first kappa shape index (κ1) is 10.2. The first-order valence-electron chi connectivity index (χ1n) is 4.85. The predicted molar refractivity (Wildman–Crippen MR) is 63.0 cm³/mol. The molecule has 0 unspecified atom stereocenters. The molecule has 1 aromatic carbocycles. The van der Waals surface area contributed by atoms with Gasteiger partial charge in [0.1, 0.15) is 0 Å². The molecule has 1 N–H and O–H groups in total. The summed E-state index contributed by atoms with van der Waals surface area (Å²) in [5.74, 6) is 0. The summed E-state index contributed by atoms with van der Waals surface area (Å²) in [6, 6.07) is 5.29. The molecule has 1 aliphatic heterocycles. The predicted octanol–water partition coefficient (Wildman–Crippen LogP) is 2.31. The monoisotopic (exact) mass is 293 g/mol. The SMILES string of the molecule is O=C(Nc1cccc2c1N=[Se]=N2)n1ccnc1. The van der Waals surface area contributed by atoms with Crippen LogP contribution in [0.4, 0.5) is 21.9 Å². The van der Waals surface area contributed by atoms with E-state index in [1.54, 1.807) is 12.4 Å². The quantitative estimate of drug-likeness (QED) is 0.699. The Kier molecular flexibility index (Phi) is 2.47. The van der Waals surface area contributed by atoms with Crippen molar-refractivity contribution in [1.82, 2.24) is 9.55 Å². The second kappa shape index (κ2) is 4.12. The summed E-state index contributed by atoms with van der Waals surface area (Å²) < 4.78 is 9.92. The molecule has 6 nitrogen and oxygen atoms in total. The molecule has 0 saturated carbocycles. The van der Waals surface area contributed by atoms with Crippen molar-refractivity contribution >= 4 is 37.7 Å². The van der Waals surface area contributed by atoms with Crippen molar-refractivity contribution in [2.24, 2.45) is 7.92 Å². The Labute approximate surface area is 102 Å². The van der Waals surface area contributed by atoms with Crippen LogP contribution in [0.15, 0.2) is 44.8 Å². The third-order valence-electron chi connectivity index (χ3n) is 2.27. The van der Waals surface area contributed by atoms with Crippen LogP contribution in [0.1, 0.15) is 0 Å². The number of carbonyl (C=O) groups excluding carboxylic acids is 1. The Morgan fingerprint density at radius 3 is 3.12 bits per heavy atom. The van der Waals surface area contributed by atoms with Crippen LogP contribution < -0.4 is 5.32 Å². The Bertz CT molecular complexity index is 643.